The first-order valence-electron chi connectivity index (χ1n) is 8.44. The van der Waals surface area contributed by atoms with Crippen molar-refractivity contribution in [2.24, 2.45) is 11.8 Å². The van der Waals surface area contributed by atoms with Crippen LogP contribution in [0.15, 0.2) is 36.4 Å². The largest absolute Gasteiger partial charge is 0.492 e. The number of likely N-dealkylation sites (N-methyl/N-ethyl adjacent to an activating group) is 1. The minimum atomic E-state index is 0.745. The second kappa shape index (κ2) is 7.30. The van der Waals surface area contributed by atoms with Gasteiger partial charge in [0.25, 0.3) is 0 Å². The van der Waals surface area contributed by atoms with Crippen LogP contribution in [-0.2, 0) is 6.54 Å². The van der Waals surface area contributed by atoms with Crippen LogP contribution in [0.2, 0.25) is 0 Å². The van der Waals surface area contributed by atoms with Crippen LogP contribution in [0.5, 0.6) is 5.75 Å². The van der Waals surface area contributed by atoms with E-state index in [1.165, 1.54) is 31.5 Å². The summed E-state index contributed by atoms with van der Waals surface area (Å²) in [6.45, 7) is 5.29. The number of likely N-dealkylation sites (tertiary alicyclic amines) is 1. The number of benzene rings is 1. The lowest BCUT2D eigenvalue weighted by Crippen LogP contribution is -2.20. The number of ether oxygens (including phenoxy) is 1. The molecule has 1 fully saturated rings. The maximum atomic E-state index is 5.76. The number of hydrogen-bond acceptors (Lipinski definition) is 3. The molecule has 1 heterocycles. The van der Waals surface area contributed by atoms with Crippen molar-refractivity contribution < 1.29 is 4.74 Å². The lowest BCUT2D eigenvalue weighted by molar-refractivity contribution is 0.261. The minimum Gasteiger partial charge on any atom is -0.492 e. The van der Waals surface area contributed by atoms with Gasteiger partial charge in [-0.05, 0) is 56.5 Å². The molecular weight excluding hydrogens is 272 g/mol. The van der Waals surface area contributed by atoms with Crippen LogP contribution in [0.25, 0.3) is 0 Å². The maximum absolute atomic E-state index is 5.76. The molecule has 2 atom stereocenters. The highest BCUT2D eigenvalue weighted by Gasteiger charge is 2.32. The number of nitrogens with zero attached hydrogens (tertiary/aromatic N) is 2. The Morgan fingerprint density at radius 1 is 1.05 bits per heavy atom. The zero-order valence-electron chi connectivity index (χ0n) is 13.9. The van der Waals surface area contributed by atoms with Gasteiger partial charge in [-0.25, -0.2) is 0 Å². The van der Waals surface area contributed by atoms with Crippen LogP contribution in [0.1, 0.15) is 18.4 Å². The third kappa shape index (κ3) is 4.11. The summed E-state index contributed by atoms with van der Waals surface area (Å²) in [5.41, 5.74) is 1.39. The van der Waals surface area contributed by atoms with Gasteiger partial charge in [-0.3, -0.25) is 4.90 Å². The molecule has 0 bridgehead atoms. The van der Waals surface area contributed by atoms with Crippen molar-refractivity contribution in [1.82, 2.24) is 9.80 Å². The molecule has 1 aromatic rings. The highest BCUT2D eigenvalue weighted by atomic mass is 16.5. The average molecular weight is 300 g/mol. The Balaban J connectivity index is 1.47. The summed E-state index contributed by atoms with van der Waals surface area (Å²) < 4.78 is 5.76. The first kappa shape index (κ1) is 15.6. The fourth-order valence-electron chi connectivity index (χ4n) is 3.54. The SMILES string of the molecule is CN(C)CCOc1ccc(CN2C[C@H]3CC=CC[C@H]3C2)cc1. The number of allylic oxidation sites excluding steroid dienone is 2. The summed E-state index contributed by atoms with van der Waals surface area (Å²) in [5, 5.41) is 0. The Hall–Kier alpha value is -1.32. The van der Waals surface area contributed by atoms with Crippen molar-refractivity contribution >= 4 is 0 Å². The summed E-state index contributed by atoms with van der Waals surface area (Å²) in [7, 11) is 4.13. The quantitative estimate of drug-likeness (QED) is 0.751. The van der Waals surface area contributed by atoms with Gasteiger partial charge in [0.05, 0.1) is 0 Å². The van der Waals surface area contributed by atoms with Crippen molar-refractivity contribution in [3.8, 4) is 5.75 Å². The van der Waals surface area contributed by atoms with E-state index in [9.17, 15) is 0 Å². The monoisotopic (exact) mass is 300 g/mol. The van der Waals surface area contributed by atoms with Gasteiger partial charge in [-0.2, -0.15) is 0 Å². The van der Waals surface area contributed by atoms with Gasteiger partial charge < -0.3 is 9.64 Å². The first-order valence-corrected chi connectivity index (χ1v) is 8.44. The summed E-state index contributed by atoms with van der Waals surface area (Å²) in [4.78, 5) is 4.75. The van der Waals surface area contributed by atoms with E-state index in [-0.39, 0.29) is 0 Å². The number of hydrogen-bond donors (Lipinski definition) is 0. The Labute approximate surface area is 134 Å². The molecule has 1 aliphatic heterocycles. The Morgan fingerprint density at radius 2 is 1.68 bits per heavy atom. The van der Waals surface area contributed by atoms with Gasteiger partial charge >= 0.3 is 0 Å². The van der Waals surface area contributed by atoms with Crippen molar-refractivity contribution in [2.45, 2.75) is 19.4 Å². The fraction of sp³-hybridized carbons (Fsp3) is 0.579. The molecule has 1 aliphatic carbocycles. The van der Waals surface area contributed by atoms with E-state index < -0.39 is 0 Å². The highest BCUT2D eigenvalue weighted by molar-refractivity contribution is 5.27. The molecule has 3 heteroatoms. The molecule has 120 valence electrons. The number of fused-ring (bicyclic) bond motifs is 1. The maximum Gasteiger partial charge on any atom is 0.119 e. The predicted molar refractivity (Wildman–Crippen MR) is 91.1 cm³/mol. The molecule has 22 heavy (non-hydrogen) atoms. The molecule has 0 aromatic heterocycles. The van der Waals surface area contributed by atoms with E-state index in [2.05, 4.69) is 60.3 Å². The lowest BCUT2D eigenvalue weighted by atomic mass is 9.86. The lowest BCUT2D eigenvalue weighted by Gasteiger charge is -2.18. The standard InChI is InChI=1S/C19H28N2O/c1-20(2)11-12-22-19-9-7-16(8-10-19)13-21-14-17-5-3-4-6-18(17)15-21/h3-4,7-10,17-18H,5-6,11-15H2,1-2H3/t17-,18+. The van der Waals surface area contributed by atoms with Gasteiger partial charge in [-0.15, -0.1) is 0 Å². The van der Waals surface area contributed by atoms with Crippen molar-refractivity contribution in [1.29, 1.82) is 0 Å². The first-order chi connectivity index (χ1) is 10.7. The zero-order chi connectivity index (χ0) is 15.4. The van der Waals surface area contributed by atoms with Crippen LogP contribution >= 0.6 is 0 Å². The summed E-state index contributed by atoms with van der Waals surface area (Å²) in [5.74, 6) is 2.75. The molecule has 0 saturated carbocycles. The van der Waals surface area contributed by atoms with Gasteiger partial charge in [0.2, 0.25) is 0 Å². The van der Waals surface area contributed by atoms with Crippen LogP contribution < -0.4 is 4.74 Å². The minimum absolute atomic E-state index is 0.745. The highest BCUT2D eigenvalue weighted by Crippen LogP contribution is 2.33. The van der Waals surface area contributed by atoms with Crippen molar-refractivity contribution in [3.63, 3.8) is 0 Å². The molecule has 1 saturated heterocycles. The molecule has 1 aromatic carbocycles. The van der Waals surface area contributed by atoms with E-state index in [1.807, 2.05) is 0 Å². The molecule has 0 N–H and O–H groups in total. The zero-order valence-corrected chi connectivity index (χ0v) is 13.9. The molecule has 0 spiro atoms. The summed E-state index contributed by atoms with van der Waals surface area (Å²) in [6.07, 6.45) is 7.29. The normalized spacial score (nSPS) is 24.7. The summed E-state index contributed by atoms with van der Waals surface area (Å²) in [6, 6.07) is 8.64. The molecule has 0 radical (unpaired) electrons. The molecule has 0 unspecified atom stereocenters. The topological polar surface area (TPSA) is 15.7 Å². The smallest absolute Gasteiger partial charge is 0.119 e. The molecular formula is C19H28N2O. The Kier molecular flexibility index (Phi) is 5.16. The molecule has 3 nitrogen and oxygen atoms in total. The molecule has 3 rings (SSSR count). The third-order valence-electron chi connectivity index (χ3n) is 4.83. The van der Waals surface area contributed by atoms with Crippen molar-refractivity contribution in [3.05, 3.63) is 42.0 Å². The Bertz CT molecular complexity index is 479. The second-order valence-corrected chi connectivity index (χ2v) is 6.95. The second-order valence-electron chi connectivity index (χ2n) is 6.95. The average Bonchev–Trinajstić information content (AvgIpc) is 2.91. The third-order valence-corrected chi connectivity index (χ3v) is 4.83. The molecule has 0 amide bonds. The van der Waals surface area contributed by atoms with Crippen LogP contribution in [0, 0.1) is 11.8 Å². The van der Waals surface area contributed by atoms with Crippen LogP contribution in [0.4, 0.5) is 0 Å². The predicted octanol–water partition coefficient (Wildman–Crippen LogP) is 3.03. The van der Waals surface area contributed by atoms with E-state index in [0.717, 1.165) is 37.3 Å². The van der Waals surface area contributed by atoms with Crippen molar-refractivity contribution in [2.75, 3.05) is 40.3 Å². The van der Waals surface area contributed by atoms with Crippen LogP contribution in [0.3, 0.4) is 0 Å². The fourth-order valence-corrected chi connectivity index (χ4v) is 3.54. The van der Waals surface area contributed by atoms with Crippen LogP contribution in [-0.4, -0.2) is 50.1 Å². The van der Waals surface area contributed by atoms with E-state index in [4.69, 9.17) is 4.74 Å². The summed E-state index contributed by atoms with van der Waals surface area (Å²) >= 11 is 0. The Morgan fingerprint density at radius 3 is 2.27 bits per heavy atom. The number of rotatable bonds is 6. The van der Waals surface area contributed by atoms with E-state index >= 15 is 0 Å². The van der Waals surface area contributed by atoms with Gasteiger partial charge in [0, 0.05) is 26.2 Å². The van der Waals surface area contributed by atoms with E-state index in [0.29, 0.717) is 0 Å². The molecule has 2 aliphatic rings. The van der Waals surface area contributed by atoms with Gasteiger partial charge in [0.1, 0.15) is 12.4 Å². The van der Waals surface area contributed by atoms with Gasteiger partial charge in [-0.1, -0.05) is 24.3 Å². The van der Waals surface area contributed by atoms with E-state index in [1.54, 1.807) is 0 Å². The van der Waals surface area contributed by atoms with Gasteiger partial charge in [0.15, 0.2) is 0 Å².